The number of benzene rings is 2. The Bertz CT molecular complexity index is 902. The van der Waals surface area contributed by atoms with Crippen LogP contribution in [0.5, 0.6) is 5.75 Å². The fourth-order valence-electron chi connectivity index (χ4n) is 3.21. The van der Waals surface area contributed by atoms with Gasteiger partial charge in [0.25, 0.3) is 5.91 Å². The number of rotatable bonds is 8. The summed E-state index contributed by atoms with van der Waals surface area (Å²) in [6.07, 6.45) is 2.15. The molecule has 1 saturated heterocycles. The summed E-state index contributed by atoms with van der Waals surface area (Å²) in [5.74, 6) is 0.253. The van der Waals surface area contributed by atoms with Gasteiger partial charge in [0.05, 0.1) is 18.3 Å². The molecule has 7 heteroatoms. The third-order valence-electron chi connectivity index (χ3n) is 4.68. The molecule has 3 N–H and O–H groups in total. The Morgan fingerprint density at radius 2 is 1.94 bits per heavy atom. The lowest BCUT2D eigenvalue weighted by Gasteiger charge is -2.20. The lowest BCUT2D eigenvalue weighted by molar-refractivity contribution is -0.114. The Balaban J connectivity index is 1.54. The Hall–Kier alpha value is -3.06. The summed E-state index contributed by atoms with van der Waals surface area (Å²) >= 11 is 0. The van der Waals surface area contributed by atoms with E-state index in [0.29, 0.717) is 29.3 Å². The molecule has 2 amide bonds. The third-order valence-corrected chi connectivity index (χ3v) is 4.68. The van der Waals surface area contributed by atoms with Gasteiger partial charge in [0.15, 0.2) is 0 Å². The number of carbonyl (C=O) groups excluding carboxylic acids is 2. The van der Waals surface area contributed by atoms with E-state index in [2.05, 4.69) is 16.0 Å². The zero-order valence-corrected chi connectivity index (χ0v) is 18.4. The number of hydrogen-bond donors (Lipinski definition) is 3. The summed E-state index contributed by atoms with van der Waals surface area (Å²) in [5.41, 5.74) is 1.53. The number of carbonyl (C=O) groups is 2. The van der Waals surface area contributed by atoms with Gasteiger partial charge in [0.1, 0.15) is 12.4 Å². The van der Waals surface area contributed by atoms with Crippen LogP contribution in [0.1, 0.15) is 44.0 Å². The average Bonchev–Trinajstić information content (AvgIpc) is 3.24. The molecule has 0 aliphatic carbocycles. The van der Waals surface area contributed by atoms with Gasteiger partial charge in [-0.3, -0.25) is 9.59 Å². The highest BCUT2D eigenvalue weighted by Gasteiger charge is 2.18. The number of ether oxygens (including phenoxy) is 2. The molecule has 2 aromatic rings. The quantitative estimate of drug-likeness (QED) is 0.598. The second-order valence-corrected chi connectivity index (χ2v) is 8.63. The van der Waals surface area contributed by atoms with Crippen LogP contribution in [0, 0.1) is 0 Å². The molecule has 1 unspecified atom stereocenters. The highest BCUT2D eigenvalue weighted by Crippen LogP contribution is 2.25. The van der Waals surface area contributed by atoms with E-state index in [1.807, 2.05) is 45.0 Å². The average molecular weight is 426 g/mol. The summed E-state index contributed by atoms with van der Waals surface area (Å²) in [6.45, 7) is 7.09. The molecule has 7 nitrogen and oxygen atoms in total. The Labute approximate surface area is 183 Å². The van der Waals surface area contributed by atoms with Crippen LogP contribution < -0.4 is 20.7 Å². The molecule has 166 valence electrons. The van der Waals surface area contributed by atoms with Gasteiger partial charge in [-0.1, -0.05) is 18.2 Å². The van der Waals surface area contributed by atoms with Crippen molar-refractivity contribution < 1.29 is 19.1 Å². The molecule has 2 aromatic carbocycles. The van der Waals surface area contributed by atoms with Crippen molar-refractivity contribution >= 4 is 23.2 Å². The van der Waals surface area contributed by atoms with Gasteiger partial charge >= 0.3 is 0 Å². The molecule has 0 radical (unpaired) electrons. The molecule has 0 saturated carbocycles. The van der Waals surface area contributed by atoms with Crippen molar-refractivity contribution in [3.05, 3.63) is 54.1 Å². The lowest BCUT2D eigenvalue weighted by atomic mass is 10.1. The SMILES string of the molecule is CC(C)(C)NC(=O)c1cccc(NCC(=O)Nc2ccccc2OCC2CCCO2)c1. The molecule has 1 atom stereocenters. The van der Waals surface area contributed by atoms with Crippen LogP contribution in [0.4, 0.5) is 11.4 Å². The maximum absolute atomic E-state index is 12.5. The Kier molecular flexibility index (Phi) is 7.52. The molecule has 0 aromatic heterocycles. The molecule has 1 fully saturated rings. The first kappa shape index (κ1) is 22.6. The van der Waals surface area contributed by atoms with Gasteiger partial charge in [-0.2, -0.15) is 0 Å². The highest BCUT2D eigenvalue weighted by atomic mass is 16.5. The first-order chi connectivity index (χ1) is 14.8. The molecule has 0 spiro atoms. The van der Waals surface area contributed by atoms with Crippen molar-refractivity contribution in [3.63, 3.8) is 0 Å². The molecule has 1 aliphatic rings. The molecule has 1 heterocycles. The van der Waals surface area contributed by atoms with Crippen LogP contribution >= 0.6 is 0 Å². The van der Waals surface area contributed by atoms with Gasteiger partial charge in [-0.05, 0) is 63.9 Å². The molecule has 1 aliphatic heterocycles. The van der Waals surface area contributed by atoms with E-state index in [0.717, 1.165) is 19.4 Å². The van der Waals surface area contributed by atoms with Crippen molar-refractivity contribution in [2.24, 2.45) is 0 Å². The number of nitrogens with one attached hydrogen (secondary N) is 3. The summed E-state index contributed by atoms with van der Waals surface area (Å²) in [6, 6.07) is 14.4. The van der Waals surface area contributed by atoms with Crippen LogP contribution in [0.3, 0.4) is 0 Å². The summed E-state index contributed by atoms with van der Waals surface area (Å²) in [5, 5.41) is 8.87. The van der Waals surface area contributed by atoms with E-state index in [9.17, 15) is 9.59 Å². The van der Waals surface area contributed by atoms with Crippen molar-refractivity contribution in [2.45, 2.75) is 45.3 Å². The van der Waals surface area contributed by atoms with Gasteiger partial charge < -0.3 is 25.4 Å². The van der Waals surface area contributed by atoms with Crippen LogP contribution in [-0.2, 0) is 9.53 Å². The third kappa shape index (κ3) is 7.29. The first-order valence-electron chi connectivity index (χ1n) is 10.6. The largest absolute Gasteiger partial charge is 0.489 e. The van der Waals surface area contributed by atoms with Crippen molar-refractivity contribution in [1.82, 2.24) is 5.32 Å². The normalized spacial score (nSPS) is 15.9. The molecular formula is C24H31N3O4. The number of hydrogen-bond acceptors (Lipinski definition) is 5. The van der Waals surface area contributed by atoms with Gasteiger partial charge in [0.2, 0.25) is 5.91 Å². The summed E-state index contributed by atoms with van der Waals surface area (Å²) in [7, 11) is 0. The zero-order chi connectivity index (χ0) is 22.3. The van der Waals surface area contributed by atoms with Gasteiger partial charge in [0, 0.05) is 23.4 Å². The van der Waals surface area contributed by atoms with E-state index in [1.165, 1.54) is 0 Å². The first-order valence-corrected chi connectivity index (χ1v) is 10.6. The van der Waals surface area contributed by atoms with E-state index in [1.54, 1.807) is 24.3 Å². The Morgan fingerprint density at radius 1 is 1.13 bits per heavy atom. The fraction of sp³-hybridized carbons (Fsp3) is 0.417. The minimum absolute atomic E-state index is 0.0599. The summed E-state index contributed by atoms with van der Waals surface area (Å²) in [4.78, 5) is 24.8. The van der Waals surface area contributed by atoms with E-state index >= 15 is 0 Å². The smallest absolute Gasteiger partial charge is 0.251 e. The second kappa shape index (κ2) is 10.3. The van der Waals surface area contributed by atoms with Crippen molar-refractivity contribution in [1.29, 1.82) is 0 Å². The maximum Gasteiger partial charge on any atom is 0.251 e. The predicted octanol–water partition coefficient (Wildman–Crippen LogP) is 3.82. The maximum atomic E-state index is 12.5. The minimum Gasteiger partial charge on any atom is -0.489 e. The van der Waals surface area contributed by atoms with Gasteiger partial charge in [-0.25, -0.2) is 0 Å². The Morgan fingerprint density at radius 3 is 2.68 bits per heavy atom. The van der Waals surface area contributed by atoms with Crippen LogP contribution in [0.2, 0.25) is 0 Å². The standard InChI is InChI=1S/C24H31N3O4/c1-24(2,3)27-23(29)17-8-6-9-18(14-17)25-15-22(28)26-20-11-4-5-12-21(20)31-16-19-10-7-13-30-19/h4-6,8-9,11-12,14,19,25H,7,10,13,15-16H2,1-3H3,(H,26,28)(H,27,29). The molecule has 3 rings (SSSR count). The van der Waals surface area contributed by atoms with E-state index in [4.69, 9.17) is 9.47 Å². The van der Waals surface area contributed by atoms with Crippen LogP contribution in [-0.4, -0.2) is 43.2 Å². The monoisotopic (exact) mass is 425 g/mol. The van der Waals surface area contributed by atoms with Crippen LogP contribution in [0.15, 0.2) is 48.5 Å². The highest BCUT2D eigenvalue weighted by molar-refractivity contribution is 5.97. The number of anilines is 2. The van der Waals surface area contributed by atoms with Crippen molar-refractivity contribution in [3.8, 4) is 5.75 Å². The van der Waals surface area contributed by atoms with Gasteiger partial charge in [-0.15, -0.1) is 0 Å². The number of para-hydroxylation sites is 2. The fourth-order valence-corrected chi connectivity index (χ4v) is 3.21. The number of amides is 2. The van der Waals surface area contributed by atoms with E-state index in [-0.39, 0.29) is 30.0 Å². The second-order valence-electron chi connectivity index (χ2n) is 8.63. The molecule has 0 bridgehead atoms. The van der Waals surface area contributed by atoms with Crippen LogP contribution in [0.25, 0.3) is 0 Å². The predicted molar refractivity (Wildman–Crippen MR) is 122 cm³/mol. The zero-order valence-electron chi connectivity index (χ0n) is 18.4. The van der Waals surface area contributed by atoms with Crippen molar-refractivity contribution in [2.75, 3.05) is 30.4 Å². The summed E-state index contributed by atoms with van der Waals surface area (Å²) < 4.78 is 11.4. The topological polar surface area (TPSA) is 88.7 Å². The molecular weight excluding hydrogens is 394 g/mol. The minimum atomic E-state index is -0.320. The van der Waals surface area contributed by atoms with E-state index < -0.39 is 0 Å². The molecule has 31 heavy (non-hydrogen) atoms. The lowest BCUT2D eigenvalue weighted by Crippen LogP contribution is -2.40.